The molecule has 0 unspecified atom stereocenters. The number of hydrogen-bond donors (Lipinski definition) is 0. The number of alkyl halides is 1. The lowest BCUT2D eigenvalue weighted by Gasteiger charge is -2.50. The van der Waals surface area contributed by atoms with Crippen molar-refractivity contribution in [3.05, 3.63) is 0 Å². The van der Waals surface area contributed by atoms with Gasteiger partial charge >= 0.3 is 11.9 Å². The van der Waals surface area contributed by atoms with Crippen LogP contribution in [0.2, 0.25) is 0 Å². The topological polar surface area (TPSA) is 147 Å². The van der Waals surface area contributed by atoms with Crippen molar-refractivity contribution in [1.82, 2.24) is 4.90 Å². The van der Waals surface area contributed by atoms with Gasteiger partial charge in [-0.25, -0.2) is 0 Å². The molecule has 3 fully saturated rings. The van der Waals surface area contributed by atoms with Crippen molar-refractivity contribution >= 4 is 29.3 Å². The first kappa shape index (κ1) is 49.9. The van der Waals surface area contributed by atoms with Crippen LogP contribution >= 0.6 is 11.6 Å². The fourth-order valence-corrected chi connectivity index (χ4v) is 9.76. The van der Waals surface area contributed by atoms with Gasteiger partial charge in [-0.2, -0.15) is 0 Å². The van der Waals surface area contributed by atoms with Crippen LogP contribution in [-0.4, -0.2) is 149 Å². The number of ether oxygens (including phenoxy) is 10. The quantitative estimate of drug-likeness (QED) is 0.178. The molecular formula is C42H74ClNO13. The maximum atomic E-state index is 14.6. The van der Waals surface area contributed by atoms with Crippen LogP contribution in [0.25, 0.3) is 0 Å². The van der Waals surface area contributed by atoms with Gasteiger partial charge in [0.1, 0.15) is 35.6 Å². The van der Waals surface area contributed by atoms with E-state index in [1.54, 1.807) is 49.2 Å². The summed E-state index contributed by atoms with van der Waals surface area (Å²) in [5.74, 6) is -4.40. The Hall–Kier alpha value is -1.46. The molecule has 0 aromatic heterocycles. The van der Waals surface area contributed by atoms with E-state index in [-0.39, 0.29) is 43.3 Å². The Labute approximate surface area is 346 Å². The molecule has 57 heavy (non-hydrogen) atoms. The Bertz CT molecular complexity index is 1320. The van der Waals surface area contributed by atoms with Gasteiger partial charge < -0.3 is 52.3 Å². The SMILES string of the molecule is CC[C@@H]1OC(=O)[C@H](C)[C@H](O[C@@H]2C[C@@](C)(OC)[C@@H](OC)[C@H](C)O2)[C@H](C)[C@@H](O[C@@H]2O[C@H](C)C[C@H](N(C)C)[C@H]2OC)[C@](C)(OC)C[C@@H](C)C(=O)[C@H](C)C[C@]1(C)OC(=O)CCl. The molecule has 0 aliphatic carbocycles. The van der Waals surface area contributed by atoms with E-state index in [0.29, 0.717) is 6.42 Å². The lowest BCUT2D eigenvalue weighted by Crippen LogP contribution is -2.61. The van der Waals surface area contributed by atoms with Crippen molar-refractivity contribution < 1.29 is 61.8 Å². The van der Waals surface area contributed by atoms with Crippen LogP contribution in [0.4, 0.5) is 0 Å². The molecule has 0 radical (unpaired) electrons. The molecule has 3 aliphatic rings. The van der Waals surface area contributed by atoms with Crippen molar-refractivity contribution in [3.8, 4) is 0 Å². The minimum atomic E-state index is -1.36. The maximum absolute atomic E-state index is 14.6. The molecule has 17 atom stereocenters. The van der Waals surface area contributed by atoms with Crippen LogP contribution in [0.1, 0.15) is 101 Å². The Kier molecular flexibility index (Phi) is 18.3. The number of rotatable bonds is 12. The summed E-state index contributed by atoms with van der Waals surface area (Å²) in [4.78, 5) is 43.8. The highest BCUT2D eigenvalue weighted by molar-refractivity contribution is 6.26. The standard InChI is InChI=1S/C42H74ClNO13/c1-17-30-40(8,57-31(45)22-43)19-23(2)33(46)24(3)20-41(9,50-15)36(56-39-35(48-13)29(44(11)12)18-25(4)52-39)26(5)34(27(6)38(47)54-30)55-32-21-42(10,51-16)37(49-14)28(7)53-32/h23-30,32,34-37,39H,17-22H2,1-16H3/t23-,24-,25-,26+,27-,28+,29+,30+,32-,34-,35-,36-,37+,39+,40+,41-,42-/m1/s1. The van der Waals surface area contributed by atoms with Gasteiger partial charge in [0.15, 0.2) is 12.6 Å². The molecule has 3 aliphatic heterocycles. The van der Waals surface area contributed by atoms with Gasteiger partial charge in [-0.05, 0) is 74.9 Å². The smallest absolute Gasteiger partial charge is 0.321 e. The first-order chi connectivity index (χ1) is 26.6. The van der Waals surface area contributed by atoms with Gasteiger partial charge in [0, 0.05) is 65.1 Å². The van der Waals surface area contributed by atoms with E-state index in [9.17, 15) is 14.4 Å². The molecule has 3 rings (SSSR count). The molecule has 0 bridgehead atoms. The van der Waals surface area contributed by atoms with Crippen molar-refractivity contribution in [2.45, 2.75) is 179 Å². The van der Waals surface area contributed by atoms with E-state index in [4.69, 9.17) is 59.0 Å². The zero-order valence-corrected chi connectivity index (χ0v) is 38.2. The van der Waals surface area contributed by atoms with E-state index in [2.05, 4.69) is 4.90 Å². The average molecular weight is 837 g/mol. The van der Waals surface area contributed by atoms with Gasteiger partial charge in [-0.15, -0.1) is 11.6 Å². The third-order valence-corrected chi connectivity index (χ3v) is 13.1. The van der Waals surface area contributed by atoms with Crippen LogP contribution in [-0.2, 0) is 61.8 Å². The summed E-state index contributed by atoms with van der Waals surface area (Å²) in [7, 11) is 10.5. The number of Topliss-reactive ketones (excluding diaryl/α,β-unsaturated/α-hetero) is 1. The number of halogens is 1. The molecule has 15 heteroatoms. The minimum Gasteiger partial charge on any atom is -0.458 e. The molecule has 0 amide bonds. The number of likely N-dealkylation sites (N-methyl/N-ethyl adjacent to an activating group) is 1. The number of cyclic esters (lactones) is 1. The zero-order chi connectivity index (χ0) is 43.2. The summed E-state index contributed by atoms with van der Waals surface area (Å²) >= 11 is 5.91. The highest BCUT2D eigenvalue weighted by Crippen LogP contribution is 2.42. The van der Waals surface area contributed by atoms with Crippen molar-refractivity contribution in [1.29, 1.82) is 0 Å². The fourth-order valence-electron chi connectivity index (χ4n) is 9.70. The summed E-state index contributed by atoms with van der Waals surface area (Å²) in [6.07, 6.45) is -4.13. The predicted molar refractivity (Wildman–Crippen MR) is 214 cm³/mol. The van der Waals surface area contributed by atoms with Crippen molar-refractivity contribution in [2.75, 3.05) is 48.4 Å². The van der Waals surface area contributed by atoms with Crippen LogP contribution in [0.5, 0.6) is 0 Å². The molecule has 0 spiro atoms. The summed E-state index contributed by atoms with van der Waals surface area (Å²) in [6.45, 7) is 18.6. The van der Waals surface area contributed by atoms with Crippen LogP contribution in [0.3, 0.4) is 0 Å². The summed E-state index contributed by atoms with van der Waals surface area (Å²) in [5.41, 5.74) is -3.28. The Morgan fingerprint density at radius 1 is 0.807 bits per heavy atom. The third kappa shape index (κ3) is 11.5. The zero-order valence-electron chi connectivity index (χ0n) is 37.5. The highest BCUT2D eigenvalue weighted by atomic mass is 35.5. The Balaban J connectivity index is 2.26. The number of nitrogens with zero attached hydrogens (tertiary/aromatic N) is 1. The van der Waals surface area contributed by atoms with Crippen LogP contribution in [0, 0.1) is 23.7 Å². The minimum absolute atomic E-state index is 0.0283. The fraction of sp³-hybridized carbons (Fsp3) is 0.929. The summed E-state index contributed by atoms with van der Waals surface area (Å²) in [6, 6.07) is -0.0283. The van der Waals surface area contributed by atoms with E-state index in [1.807, 2.05) is 62.6 Å². The second kappa shape index (κ2) is 20.9. The first-order valence-corrected chi connectivity index (χ1v) is 21.1. The molecule has 0 saturated carbocycles. The van der Waals surface area contributed by atoms with Crippen LogP contribution in [0.15, 0.2) is 0 Å². The summed E-state index contributed by atoms with van der Waals surface area (Å²) < 4.78 is 63.6. The van der Waals surface area contributed by atoms with Gasteiger partial charge in [-0.1, -0.05) is 27.7 Å². The number of ketones is 1. The van der Waals surface area contributed by atoms with E-state index < -0.39 is 101 Å². The number of esters is 2. The van der Waals surface area contributed by atoms with Gasteiger partial charge in [-0.3, -0.25) is 14.4 Å². The van der Waals surface area contributed by atoms with Crippen molar-refractivity contribution in [2.24, 2.45) is 23.7 Å². The average Bonchev–Trinajstić information content (AvgIpc) is 3.15. The molecule has 3 heterocycles. The molecule has 0 aromatic rings. The van der Waals surface area contributed by atoms with Crippen LogP contribution < -0.4 is 0 Å². The van der Waals surface area contributed by atoms with Gasteiger partial charge in [0.05, 0.1) is 41.5 Å². The first-order valence-electron chi connectivity index (χ1n) is 20.5. The Morgan fingerprint density at radius 2 is 1.39 bits per heavy atom. The largest absolute Gasteiger partial charge is 0.458 e. The molecule has 0 N–H and O–H groups in total. The second-order valence-corrected chi connectivity index (χ2v) is 17.9. The lowest BCUT2D eigenvalue weighted by atomic mass is 9.74. The van der Waals surface area contributed by atoms with E-state index in [1.165, 1.54) is 0 Å². The number of methoxy groups -OCH3 is 4. The van der Waals surface area contributed by atoms with Gasteiger partial charge in [0.25, 0.3) is 0 Å². The molecule has 332 valence electrons. The van der Waals surface area contributed by atoms with E-state index >= 15 is 0 Å². The number of carbonyl (C=O) groups excluding carboxylic acids is 3. The summed E-state index contributed by atoms with van der Waals surface area (Å²) in [5, 5.41) is 0. The monoisotopic (exact) mass is 835 g/mol. The predicted octanol–water partition coefficient (Wildman–Crippen LogP) is 5.57. The molecule has 14 nitrogen and oxygen atoms in total. The highest BCUT2D eigenvalue weighted by Gasteiger charge is 2.54. The number of hydrogen-bond acceptors (Lipinski definition) is 14. The maximum Gasteiger partial charge on any atom is 0.321 e. The van der Waals surface area contributed by atoms with Crippen molar-refractivity contribution in [3.63, 3.8) is 0 Å². The Morgan fingerprint density at radius 3 is 1.89 bits per heavy atom. The molecule has 0 aromatic carbocycles. The second-order valence-electron chi connectivity index (χ2n) is 17.6. The third-order valence-electron chi connectivity index (χ3n) is 12.9. The molecule has 3 saturated heterocycles. The number of carbonyl (C=O) groups is 3. The molecular weight excluding hydrogens is 762 g/mol. The lowest BCUT2D eigenvalue weighted by molar-refractivity contribution is -0.322. The normalized spacial score (nSPS) is 44.3. The van der Waals surface area contributed by atoms with E-state index in [0.717, 1.165) is 6.42 Å². The van der Waals surface area contributed by atoms with Gasteiger partial charge in [0.2, 0.25) is 0 Å².